The summed E-state index contributed by atoms with van der Waals surface area (Å²) in [6, 6.07) is 1.56. The van der Waals surface area contributed by atoms with E-state index in [4.69, 9.17) is 11.6 Å². The standard InChI is InChI=1S/C19H21ClN6O3S/c1-11-2-3-12(6-21-17(28)16-14(20)7-23-24-16)26(8-11)15(27)9-25-10-22-18-13(19(25)29)4-5-30-18/h4-5,7,10-12H,2-3,6,8-9H2,1H3,(H,21,28)(H,23,24). The van der Waals surface area contributed by atoms with Gasteiger partial charge < -0.3 is 10.2 Å². The lowest BCUT2D eigenvalue weighted by Gasteiger charge is -2.39. The predicted molar refractivity (Wildman–Crippen MR) is 114 cm³/mol. The zero-order valence-corrected chi connectivity index (χ0v) is 17.9. The van der Waals surface area contributed by atoms with Crippen LogP contribution in [0.25, 0.3) is 10.2 Å². The number of hydrogen-bond donors (Lipinski definition) is 2. The van der Waals surface area contributed by atoms with Crippen molar-refractivity contribution in [1.82, 2.24) is 30.0 Å². The van der Waals surface area contributed by atoms with E-state index in [9.17, 15) is 14.4 Å². The lowest BCUT2D eigenvalue weighted by atomic mass is 9.94. The molecule has 2 N–H and O–H groups in total. The predicted octanol–water partition coefficient (Wildman–Crippen LogP) is 1.89. The van der Waals surface area contributed by atoms with Gasteiger partial charge in [0.25, 0.3) is 11.5 Å². The van der Waals surface area contributed by atoms with Crippen LogP contribution in [0.15, 0.2) is 28.8 Å². The van der Waals surface area contributed by atoms with Crippen molar-refractivity contribution in [1.29, 1.82) is 0 Å². The minimum Gasteiger partial charge on any atom is -0.349 e. The van der Waals surface area contributed by atoms with Crippen LogP contribution in [-0.2, 0) is 11.3 Å². The maximum atomic E-state index is 13.1. The maximum absolute atomic E-state index is 13.1. The Bertz CT molecular complexity index is 1140. The van der Waals surface area contributed by atoms with Crippen LogP contribution in [0.2, 0.25) is 5.02 Å². The zero-order valence-electron chi connectivity index (χ0n) is 16.3. The summed E-state index contributed by atoms with van der Waals surface area (Å²) in [5.41, 5.74) is -0.0289. The molecule has 0 bridgehead atoms. The first-order chi connectivity index (χ1) is 14.4. The summed E-state index contributed by atoms with van der Waals surface area (Å²) in [7, 11) is 0. The van der Waals surface area contributed by atoms with Gasteiger partial charge in [0.15, 0.2) is 0 Å². The highest BCUT2D eigenvalue weighted by molar-refractivity contribution is 7.16. The Hall–Kier alpha value is -2.72. The number of thiophene rings is 1. The molecule has 11 heteroatoms. The number of hydrogen-bond acceptors (Lipinski definition) is 6. The molecule has 3 aromatic heterocycles. The second-order valence-electron chi connectivity index (χ2n) is 7.50. The van der Waals surface area contributed by atoms with Crippen LogP contribution in [0.4, 0.5) is 0 Å². The summed E-state index contributed by atoms with van der Waals surface area (Å²) >= 11 is 7.33. The van der Waals surface area contributed by atoms with Gasteiger partial charge in [-0.05, 0) is 30.2 Å². The number of piperidine rings is 1. The molecular formula is C19H21ClN6O3S. The molecule has 0 spiro atoms. The number of amides is 2. The molecule has 0 aliphatic carbocycles. The van der Waals surface area contributed by atoms with Crippen molar-refractivity contribution in [3.63, 3.8) is 0 Å². The number of nitrogens with zero attached hydrogens (tertiary/aromatic N) is 4. The summed E-state index contributed by atoms with van der Waals surface area (Å²) in [5.74, 6) is -0.192. The number of likely N-dealkylation sites (tertiary alicyclic amines) is 1. The van der Waals surface area contributed by atoms with Gasteiger partial charge in [-0.1, -0.05) is 18.5 Å². The molecule has 1 aliphatic rings. The number of aromatic nitrogens is 4. The van der Waals surface area contributed by atoms with Crippen LogP contribution in [0.3, 0.4) is 0 Å². The quantitative estimate of drug-likeness (QED) is 0.618. The summed E-state index contributed by atoms with van der Waals surface area (Å²) in [4.78, 5) is 44.7. The Morgan fingerprint density at radius 2 is 2.23 bits per heavy atom. The van der Waals surface area contributed by atoms with Gasteiger partial charge in [-0.2, -0.15) is 5.10 Å². The third kappa shape index (κ3) is 4.10. The highest BCUT2D eigenvalue weighted by atomic mass is 35.5. The Morgan fingerprint density at radius 3 is 3.00 bits per heavy atom. The van der Waals surface area contributed by atoms with E-state index in [-0.39, 0.29) is 40.7 Å². The number of nitrogens with one attached hydrogen (secondary N) is 2. The van der Waals surface area contributed by atoms with E-state index in [0.717, 1.165) is 12.8 Å². The summed E-state index contributed by atoms with van der Waals surface area (Å²) in [5, 5.41) is 11.7. The second kappa shape index (κ2) is 8.57. The summed E-state index contributed by atoms with van der Waals surface area (Å²) < 4.78 is 1.34. The van der Waals surface area contributed by atoms with Gasteiger partial charge in [-0.15, -0.1) is 11.3 Å². The first kappa shape index (κ1) is 20.5. The van der Waals surface area contributed by atoms with Crippen molar-refractivity contribution in [3.05, 3.63) is 45.0 Å². The fraction of sp³-hybridized carbons (Fsp3) is 0.421. The topological polar surface area (TPSA) is 113 Å². The van der Waals surface area contributed by atoms with Crippen molar-refractivity contribution in [3.8, 4) is 0 Å². The lowest BCUT2D eigenvalue weighted by molar-refractivity contribution is -0.136. The monoisotopic (exact) mass is 448 g/mol. The van der Waals surface area contributed by atoms with Gasteiger partial charge >= 0.3 is 0 Å². The SMILES string of the molecule is CC1CCC(CNC(=O)c2[nH]ncc2Cl)N(C(=O)Cn2cnc3sccc3c2=O)C1. The van der Waals surface area contributed by atoms with Crippen molar-refractivity contribution in [2.45, 2.75) is 32.4 Å². The first-order valence-corrected chi connectivity index (χ1v) is 10.9. The number of carbonyl (C=O) groups excluding carboxylic acids is 2. The molecule has 2 unspecified atom stereocenters. The Balaban J connectivity index is 1.47. The van der Waals surface area contributed by atoms with E-state index in [1.54, 1.807) is 11.0 Å². The minimum absolute atomic E-state index is 0.0822. The number of carbonyl (C=O) groups is 2. The van der Waals surface area contributed by atoms with Crippen LogP contribution in [0.5, 0.6) is 0 Å². The average Bonchev–Trinajstić information content (AvgIpc) is 3.38. The Labute approximate surface area is 181 Å². The maximum Gasteiger partial charge on any atom is 0.270 e. The van der Waals surface area contributed by atoms with Crippen molar-refractivity contribution in [2.24, 2.45) is 5.92 Å². The molecule has 1 saturated heterocycles. The van der Waals surface area contributed by atoms with Gasteiger partial charge in [0, 0.05) is 19.1 Å². The fourth-order valence-electron chi connectivity index (χ4n) is 3.70. The van der Waals surface area contributed by atoms with Crippen molar-refractivity contribution >= 4 is 45.0 Å². The lowest BCUT2D eigenvalue weighted by Crippen LogP contribution is -2.52. The molecule has 158 valence electrons. The molecule has 2 amide bonds. The number of H-pyrrole nitrogens is 1. The second-order valence-corrected chi connectivity index (χ2v) is 8.80. The fourth-order valence-corrected chi connectivity index (χ4v) is 4.60. The van der Waals surface area contributed by atoms with Gasteiger partial charge in [-0.3, -0.25) is 24.0 Å². The Kier molecular flexibility index (Phi) is 5.87. The molecule has 4 rings (SSSR count). The Morgan fingerprint density at radius 1 is 1.40 bits per heavy atom. The van der Waals surface area contributed by atoms with E-state index in [1.807, 2.05) is 5.38 Å². The molecule has 1 fully saturated rings. The molecule has 2 atom stereocenters. The van der Waals surface area contributed by atoms with Crippen molar-refractivity contribution in [2.75, 3.05) is 13.1 Å². The zero-order chi connectivity index (χ0) is 21.3. The van der Waals surface area contributed by atoms with Crippen LogP contribution in [0.1, 0.15) is 30.3 Å². The van der Waals surface area contributed by atoms with E-state index >= 15 is 0 Å². The average molecular weight is 449 g/mol. The van der Waals surface area contributed by atoms with Crippen molar-refractivity contribution < 1.29 is 9.59 Å². The van der Waals surface area contributed by atoms with E-state index in [1.165, 1.54) is 28.4 Å². The third-order valence-corrected chi connectivity index (χ3v) is 6.44. The first-order valence-electron chi connectivity index (χ1n) is 9.63. The molecule has 3 aromatic rings. The van der Waals surface area contributed by atoms with Gasteiger partial charge in [0.1, 0.15) is 17.1 Å². The van der Waals surface area contributed by atoms with E-state index in [2.05, 4.69) is 27.4 Å². The summed E-state index contributed by atoms with van der Waals surface area (Å²) in [6.45, 7) is 2.88. The molecule has 0 saturated carbocycles. The molecule has 9 nitrogen and oxygen atoms in total. The van der Waals surface area contributed by atoms with Gasteiger partial charge in [-0.25, -0.2) is 4.98 Å². The van der Waals surface area contributed by atoms with Crippen LogP contribution < -0.4 is 10.9 Å². The third-order valence-electron chi connectivity index (χ3n) is 5.34. The van der Waals surface area contributed by atoms with Crippen LogP contribution >= 0.6 is 22.9 Å². The number of fused-ring (bicyclic) bond motifs is 1. The summed E-state index contributed by atoms with van der Waals surface area (Å²) in [6.07, 6.45) is 4.51. The molecule has 30 heavy (non-hydrogen) atoms. The highest BCUT2D eigenvalue weighted by Crippen LogP contribution is 2.22. The minimum atomic E-state index is -0.369. The largest absolute Gasteiger partial charge is 0.349 e. The van der Waals surface area contributed by atoms with Gasteiger partial charge in [0.2, 0.25) is 5.91 Å². The normalized spacial score (nSPS) is 19.2. The number of aromatic amines is 1. The molecule has 0 aromatic carbocycles. The molecule has 1 aliphatic heterocycles. The highest BCUT2D eigenvalue weighted by Gasteiger charge is 2.30. The number of halogens is 1. The molecular weight excluding hydrogens is 428 g/mol. The molecule has 0 radical (unpaired) electrons. The number of rotatable bonds is 5. The van der Waals surface area contributed by atoms with Crippen LogP contribution in [-0.4, -0.2) is 55.6 Å². The smallest absolute Gasteiger partial charge is 0.270 e. The van der Waals surface area contributed by atoms with E-state index < -0.39 is 0 Å². The van der Waals surface area contributed by atoms with E-state index in [0.29, 0.717) is 29.2 Å². The molecule has 4 heterocycles. The van der Waals surface area contributed by atoms with Crippen LogP contribution in [0, 0.1) is 5.92 Å². The van der Waals surface area contributed by atoms with Gasteiger partial charge in [0.05, 0.1) is 22.9 Å².